The summed E-state index contributed by atoms with van der Waals surface area (Å²) in [5.41, 5.74) is 1.12. The van der Waals surface area contributed by atoms with Crippen molar-refractivity contribution in [1.29, 1.82) is 0 Å². The molecular weight excluding hydrogens is 470 g/mol. The number of hydrogen-bond donors (Lipinski definition) is 1. The third-order valence-electron chi connectivity index (χ3n) is 7.87. The second-order valence-corrected chi connectivity index (χ2v) is 10.2. The molecule has 1 N–H and O–H groups in total. The molecule has 37 heavy (non-hydrogen) atoms. The van der Waals surface area contributed by atoms with Crippen LogP contribution in [0.5, 0.6) is 11.5 Å². The fourth-order valence-corrected chi connectivity index (χ4v) is 5.94. The van der Waals surface area contributed by atoms with Gasteiger partial charge < -0.3 is 24.4 Å². The molecule has 3 aliphatic heterocycles. The van der Waals surface area contributed by atoms with Gasteiger partial charge in [-0.25, -0.2) is 0 Å². The van der Waals surface area contributed by atoms with Crippen molar-refractivity contribution in [3.05, 3.63) is 59.7 Å². The van der Waals surface area contributed by atoms with E-state index in [0.29, 0.717) is 37.4 Å². The second kappa shape index (κ2) is 11.5. The molecule has 3 aliphatic rings. The number of methoxy groups -OCH3 is 1. The zero-order valence-electron chi connectivity index (χ0n) is 21.6. The van der Waals surface area contributed by atoms with Gasteiger partial charge in [-0.05, 0) is 37.1 Å². The molecule has 2 amide bonds. The maximum absolute atomic E-state index is 13.7. The molecule has 0 aromatic heterocycles. The van der Waals surface area contributed by atoms with Gasteiger partial charge in [-0.3, -0.25) is 14.5 Å². The van der Waals surface area contributed by atoms with E-state index in [1.165, 1.54) is 0 Å². The number of carbonyl (C=O) groups excluding carboxylic acids is 2. The Balaban J connectivity index is 1.33. The van der Waals surface area contributed by atoms with Crippen LogP contribution in [0, 0.1) is 0 Å². The van der Waals surface area contributed by atoms with Gasteiger partial charge in [0.15, 0.2) is 0 Å². The summed E-state index contributed by atoms with van der Waals surface area (Å²) in [6.45, 7) is 5.74. The Labute approximate surface area is 218 Å². The molecule has 3 fully saturated rings. The lowest BCUT2D eigenvalue weighted by Gasteiger charge is -2.35. The van der Waals surface area contributed by atoms with E-state index < -0.39 is 5.54 Å². The summed E-state index contributed by atoms with van der Waals surface area (Å²) in [6, 6.07) is 15.4. The van der Waals surface area contributed by atoms with Crippen LogP contribution in [0.25, 0.3) is 0 Å². The van der Waals surface area contributed by atoms with Gasteiger partial charge in [0.1, 0.15) is 18.1 Å². The van der Waals surface area contributed by atoms with Crippen molar-refractivity contribution in [2.45, 2.75) is 37.1 Å². The quantitative estimate of drug-likeness (QED) is 0.621. The van der Waals surface area contributed by atoms with Crippen molar-refractivity contribution in [2.24, 2.45) is 0 Å². The maximum atomic E-state index is 13.7. The predicted octanol–water partition coefficient (Wildman–Crippen LogP) is 3.07. The number of amides is 2. The van der Waals surface area contributed by atoms with E-state index in [2.05, 4.69) is 16.3 Å². The van der Waals surface area contributed by atoms with Crippen molar-refractivity contribution < 1.29 is 23.8 Å². The molecule has 3 heterocycles. The first kappa shape index (κ1) is 25.5. The molecule has 0 unspecified atom stereocenters. The minimum absolute atomic E-state index is 0.0473. The van der Waals surface area contributed by atoms with Crippen LogP contribution >= 0.6 is 0 Å². The van der Waals surface area contributed by atoms with Gasteiger partial charge in [0.2, 0.25) is 5.91 Å². The van der Waals surface area contributed by atoms with Gasteiger partial charge in [-0.2, -0.15) is 0 Å². The first-order valence-corrected chi connectivity index (χ1v) is 13.3. The van der Waals surface area contributed by atoms with Gasteiger partial charge in [0.25, 0.3) is 5.91 Å². The number of nitrogens with zero attached hydrogens (tertiary/aromatic N) is 2. The first-order valence-electron chi connectivity index (χ1n) is 13.3. The molecule has 198 valence electrons. The molecule has 0 saturated carbocycles. The van der Waals surface area contributed by atoms with E-state index >= 15 is 0 Å². The molecule has 0 bridgehead atoms. The predicted molar refractivity (Wildman–Crippen MR) is 140 cm³/mol. The molecule has 2 aromatic carbocycles. The summed E-state index contributed by atoms with van der Waals surface area (Å²) in [7, 11) is 1.67. The molecule has 8 heteroatoms. The first-order chi connectivity index (χ1) is 18.1. The zero-order chi connectivity index (χ0) is 25.7. The van der Waals surface area contributed by atoms with Gasteiger partial charge in [-0.1, -0.05) is 30.7 Å². The molecule has 5 rings (SSSR count). The highest BCUT2D eigenvalue weighted by molar-refractivity contribution is 5.95. The molecule has 1 spiro atoms. The Bertz CT molecular complexity index is 1100. The van der Waals surface area contributed by atoms with E-state index in [0.717, 1.165) is 63.4 Å². The Hall–Kier alpha value is -3.10. The number of benzene rings is 2. The van der Waals surface area contributed by atoms with Crippen LogP contribution in [-0.2, 0) is 9.53 Å². The summed E-state index contributed by atoms with van der Waals surface area (Å²) in [5, 5.41) is 3.33. The molecule has 0 aliphatic carbocycles. The lowest BCUT2D eigenvalue weighted by molar-refractivity contribution is -0.122. The highest BCUT2D eigenvalue weighted by Gasteiger charge is 2.50. The Morgan fingerprint density at radius 1 is 1.14 bits per heavy atom. The third kappa shape index (κ3) is 5.75. The lowest BCUT2D eigenvalue weighted by Crippen LogP contribution is -2.52. The van der Waals surface area contributed by atoms with Crippen LogP contribution in [0.3, 0.4) is 0 Å². The summed E-state index contributed by atoms with van der Waals surface area (Å²) < 4.78 is 17.1. The van der Waals surface area contributed by atoms with Crippen molar-refractivity contribution >= 4 is 11.8 Å². The summed E-state index contributed by atoms with van der Waals surface area (Å²) in [6.07, 6.45) is 3.16. The van der Waals surface area contributed by atoms with E-state index in [4.69, 9.17) is 14.2 Å². The van der Waals surface area contributed by atoms with E-state index in [1.807, 2.05) is 47.4 Å². The maximum Gasteiger partial charge on any atom is 0.254 e. The van der Waals surface area contributed by atoms with E-state index in [9.17, 15) is 9.59 Å². The largest absolute Gasteiger partial charge is 0.496 e. The normalized spacial score (nSPS) is 24.5. The Morgan fingerprint density at radius 2 is 1.97 bits per heavy atom. The highest BCUT2D eigenvalue weighted by Crippen LogP contribution is 2.44. The Kier molecular flexibility index (Phi) is 7.96. The molecule has 2 atom stereocenters. The Morgan fingerprint density at radius 3 is 2.81 bits per heavy atom. The smallest absolute Gasteiger partial charge is 0.254 e. The van der Waals surface area contributed by atoms with Crippen molar-refractivity contribution in [1.82, 2.24) is 15.1 Å². The minimum atomic E-state index is -0.510. The fraction of sp³-hybridized carbons (Fsp3) is 0.517. The van der Waals surface area contributed by atoms with Crippen LogP contribution in [0.1, 0.15) is 47.5 Å². The highest BCUT2D eigenvalue weighted by atomic mass is 16.5. The summed E-state index contributed by atoms with van der Waals surface area (Å²) in [5.74, 6) is 1.44. The van der Waals surface area contributed by atoms with Crippen molar-refractivity contribution in [3.8, 4) is 11.5 Å². The average Bonchev–Trinajstić information content (AvgIpc) is 3.18. The molecular formula is C29H37N3O5. The van der Waals surface area contributed by atoms with Gasteiger partial charge >= 0.3 is 0 Å². The number of rotatable bonds is 7. The average molecular weight is 508 g/mol. The number of morpholine rings is 1. The van der Waals surface area contributed by atoms with Crippen LogP contribution < -0.4 is 14.8 Å². The standard InChI is InChI=1S/C29H37N3O5/c1-35-26-10-3-2-9-24(26)25-20-32(21-29(25)12-5-4-11-27(33)30-29)28(34)22-7-6-8-23(19-22)37-18-15-31-13-16-36-17-14-31/h2-3,6-10,19,25H,4-5,11-18,20-21H2,1H3,(H,30,33)/t25-,29+/m0/s1. The lowest BCUT2D eigenvalue weighted by atomic mass is 9.78. The van der Waals surface area contributed by atoms with Gasteiger partial charge in [-0.15, -0.1) is 0 Å². The number of para-hydroxylation sites is 1. The van der Waals surface area contributed by atoms with Crippen LogP contribution in [0.2, 0.25) is 0 Å². The van der Waals surface area contributed by atoms with Crippen molar-refractivity contribution in [2.75, 3.05) is 59.7 Å². The number of carbonyl (C=O) groups is 2. The molecule has 8 nitrogen and oxygen atoms in total. The van der Waals surface area contributed by atoms with Crippen LogP contribution in [-0.4, -0.2) is 86.8 Å². The second-order valence-electron chi connectivity index (χ2n) is 10.2. The zero-order valence-corrected chi connectivity index (χ0v) is 21.6. The van der Waals surface area contributed by atoms with Gasteiger partial charge in [0.05, 0.1) is 25.9 Å². The van der Waals surface area contributed by atoms with E-state index in [-0.39, 0.29) is 17.7 Å². The molecule has 2 aromatic rings. The SMILES string of the molecule is COc1ccccc1[C@@H]1CN(C(=O)c2cccc(OCCN3CCOCC3)c2)C[C@]12CCCCC(=O)N2. The monoisotopic (exact) mass is 507 g/mol. The third-order valence-corrected chi connectivity index (χ3v) is 7.87. The number of likely N-dealkylation sites (tertiary alicyclic amines) is 1. The van der Waals surface area contributed by atoms with E-state index in [1.54, 1.807) is 7.11 Å². The fourth-order valence-electron chi connectivity index (χ4n) is 5.94. The summed E-state index contributed by atoms with van der Waals surface area (Å²) >= 11 is 0. The van der Waals surface area contributed by atoms with Crippen LogP contribution in [0.4, 0.5) is 0 Å². The topological polar surface area (TPSA) is 80.3 Å². The van der Waals surface area contributed by atoms with Crippen molar-refractivity contribution in [3.63, 3.8) is 0 Å². The summed E-state index contributed by atoms with van der Waals surface area (Å²) in [4.78, 5) is 30.7. The number of hydrogen-bond acceptors (Lipinski definition) is 6. The minimum Gasteiger partial charge on any atom is -0.496 e. The molecule has 3 saturated heterocycles. The van der Waals surface area contributed by atoms with Gasteiger partial charge in [0, 0.05) is 56.2 Å². The number of ether oxygens (including phenoxy) is 3. The van der Waals surface area contributed by atoms with Crippen LogP contribution in [0.15, 0.2) is 48.5 Å². The molecule has 0 radical (unpaired) electrons. The number of nitrogens with one attached hydrogen (secondary N) is 1.